The van der Waals surface area contributed by atoms with Crippen LogP contribution in [-0.4, -0.2) is 16.1 Å². The number of esters is 1. The van der Waals surface area contributed by atoms with E-state index >= 15 is 0 Å². The number of nitrogens with zero attached hydrogens (tertiary/aromatic N) is 2. The van der Waals surface area contributed by atoms with Gasteiger partial charge in [0.1, 0.15) is 11.6 Å². The zero-order valence-corrected chi connectivity index (χ0v) is 13.6. The first kappa shape index (κ1) is 16.3. The van der Waals surface area contributed by atoms with E-state index in [1.165, 1.54) is 36.4 Å². The predicted octanol–water partition coefficient (Wildman–Crippen LogP) is 4.13. The van der Waals surface area contributed by atoms with Crippen molar-refractivity contribution in [1.82, 2.24) is 10.1 Å². The summed E-state index contributed by atoms with van der Waals surface area (Å²) in [5, 5.41) is 3.72. The normalized spacial score (nSPS) is 10.6. The summed E-state index contributed by atoms with van der Waals surface area (Å²) >= 11 is 3.15. The monoisotopic (exact) mass is 394 g/mol. The van der Waals surface area contributed by atoms with Gasteiger partial charge in [-0.1, -0.05) is 21.1 Å². The Kier molecular flexibility index (Phi) is 4.66. The molecule has 122 valence electrons. The van der Waals surface area contributed by atoms with Crippen LogP contribution in [0.5, 0.6) is 0 Å². The fraction of sp³-hybridized carbons (Fsp3) is 0.0625. The molecule has 0 aliphatic heterocycles. The maximum Gasteiger partial charge on any atom is 0.341 e. The average Bonchev–Trinajstić information content (AvgIpc) is 3.04. The molecule has 0 unspecified atom stereocenters. The number of rotatable bonds is 4. The molecule has 0 bridgehead atoms. The Morgan fingerprint density at radius 2 is 1.92 bits per heavy atom. The highest BCUT2D eigenvalue weighted by Gasteiger charge is 2.16. The van der Waals surface area contributed by atoms with E-state index in [9.17, 15) is 13.6 Å². The second-order valence-corrected chi connectivity index (χ2v) is 5.63. The van der Waals surface area contributed by atoms with Gasteiger partial charge < -0.3 is 9.26 Å². The van der Waals surface area contributed by atoms with E-state index in [0.29, 0.717) is 10.0 Å². The number of aromatic nitrogens is 2. The van der Waals surface area contributed by atoms with Crippen LogP contribution in [0, 0.1) is 11.6 Å². The highest BCUT2D eigenvalue weighted by Crippen LogP contribution is 2.18. The lowest BCUT2D eigenvalue weighted by Gasteiger charge is -2.03. The summed E-state index contributed by atoms with van der Waals surface area (Å²) in [6.07, 6.45) is 0. The van der Waals surface area contributed by atoms with Crippen LogP contribution in [0.3, 0.4) is 0 Å². The minimum Gasteiger partial charge on any atom is -0.452 e. The van der Waals surface area contributed by atoms with Gasteiger partial charge in [-0.15, -0.1) is 0 Å². The Balaban J connectivity index is 1.68. The number of benzene rings is 2. The molecule has 0 aliphatic rings. The van der Waals surface area contributed by atoms with E-state index in [0.717, 1.165) is 6.07 Å². The van der Waals surface area contributed by atoms with E-state index in [1.54, 1.807) is 0 Å². The zero-order chi connectivity index (χ0) is 17.1. The lowest BCUT2D eigenvalue weighted by molar-refractivity contribution is 0.0424. The van der Waals surface area contributed by atoms with Crippen LogP contribution in [0.2, 0.25) is 0 Å². The van der Waals surface area contributed by atoms with Gasteiger partial charge in [-0.25, -0.2) is 13.6 Å². The van der Waals surface area contributed by atoms with E-state index in [-0.39, 0.29) is 29.7 Å². The maximum atomic E-state index is 13.6. The number of ether oxygens (including phenoxy) is 1. The van der Waals surface area contributed by atoms with Gasteiger partial charge in [-0.3, -0.25) is 0 Å². The summed E-state index contributed by atoms with van der Waals surface area (Å²) in [4.78, 5) is 15.9. The molecule has 2 aromatic carbocycles. The van der Waals surface area contributed by atoms with Gasteiger partial charge in [0.2, 0.25) is 5.82 Å². The van der Waals surface area contributed by atoms with Crippen LogP contribution in [0.1, 0.15) is 16.2 Å². The van der Waals surface area contributed by atoms with E-state index in [4.69, 9.17) is 9.26 Å². The molecular formula is C16H9BrF2N2O3. The fourth-order valence-corrected chi connectivity index (χ4v) is 2.25. The molecule has 3 rings (SSSR count). The maximum absolute atomic E-state index is 13.6. The highest BCUT2D eigenvalue weighted by molar-refractivity contribution is 9.10. The number of carbonyl (C=O) groups is 1. The fourth-order valence-electron chi connectivity index (χ4n) is 1.89. The lowest BCUT2D eigenvalue weighted by Crippen LogP contribution is -2.07. The lowest BCUT2D eigenvalue weighted by atomic mass is 10.2. The van der Waals surface area contributed by atoms with Crippen molar-refractivity contribution in [3.8, 4) is 11.4 Å². The van der Waals surface area contributed by atoms with Crippen molar-refractivity contribution in [2.45, 2.75) is 6.61 Å². The van der Waals surface area contributed by atoms with Crippen LogP contribution in [0.15, 0.2) is 51.5 Å². The van der Waals surface area contributed by atoms with Crippen LogP contribution in [0.4, 0.5) is 8.78 Å². The average molecular weight is 395 g/mol. The molecule has 0 N–H and O–H groups in total. The van der Waals surface area contributed by atoms with Gasteiger partial charge in [-0.2, -0.15) is 4.98 Å². The number of hydrogen-bond acceptors (Lipinski definition) is 5. The topological polar surface area (TPSA) is 65.2 Å². The van der Waals surface area contributed by atoms with Gasteiger partial charge in [0.05, 0.1) is 5.56 Å². The van der Waals surface area contributed by atoms with Crippen molar-refractivity contribution in [3.05, 3.63) is 70.0 Å². The molecule has 1 heterocycles. The summed E-state index contributed by atoms with van der Waals surface area (Å²) in [7, 11) is 0. The van der Waals surface area contributed by atoms with E-state index in [2.05, 4.69) is 26.1 Å². The van der Waals surface area contributed by atoms with E-state index < -0.39 is 11.8 Å². The molecule has 0 saturated carbocycles. The molecular weight excluding hydrogens is 386 g/mol. The molecule has 5 nitrogen and oxygen atoms in total. The molecule has 0 aliphatic carbocycles. The third-order valence-electron chi connectivity index (χ3n) is 3.05. The largest absolute Gasteiger partial charge is 0.452 e. The second kappa shape index (κ2) is 6.88. The first-order valence-electron chi connectivity index (χ1n) is 6.73. The number of halogens is 3. The molecule has 8 heteroatoms. The van der Waals surface area contributed by atoms with Crippen LogP contribution in [0.25, 0.3) is 11.4 Å². The summed E-state index contributed by atoms with van der Waals surface area (Å²) < 4.78 is 36.9. The summed E-state index contributed by atoms with van der Waals surface area (Å²) in [5.74, 6) is -1.66. The predicted molar refractivity (Wildman–Crippen MR) is 82.9 cm³/mol. The van der Waals surface area contributed by atoms with Crippen LogP contribution in [-0.2, 0) is 11.3 Å². The van der Waals surface area contributed by atoms with Gasteiger partial charge in [0.15, 0.2) is 6.61 Å². The highest BCUT2D eigenvalue weighted by atomic mass is 79.9. The van der Waals surface area contributed by atoms with Crippen molar-refractivity contribution < 1.29 is 22.8 Å². The number of hydrogen-bond donors (Lipinski definition) is 0. The molecule has 0 saturated heterocycles. The minimum absolute atomic E-state index is 0.0399. The molecule has 0 radical (unpaired) electrons. The Morgan fingerprint density at radius 3 is 2.67 bits per heavy atom. The van der Waals surface area contributed by atoms with Gasteiger partial charge in [0, 0.05) is 10.0 Å². The van der Waals surface area contributed by atoms with Crippen molar-refractivity contribution in [2.24, 2.45) is 0 Å². The smallest absolute Gasteiger partial charge is 0.341 e. The Bertz CT molecular complexity index is 881. The molecule has 1 aromatic heterocycles. The third-order valence-corrected chi connectivity index (χ3v) is 3.54. The molecule has 0 spiro atoms. The zero-order valence-electron chi connectivity index (χ0n) is 12.0. The Morgan fingerprint density at radius 1 is 1.17 bits per heavy atom. The molecule has 24 heavy (non-hydrogen) atoms. The first-order valence-corrected chi connectivity index (χ1v) is 7.53. The summed E-state index contributed by atoms with van der Waals surface area (Å²) in [6.45, 7) is -0.307. The SMILES string of the molecule is O=C(OCc1nc(-c2ccc(F)cc2)no1)c1cc(Br)ccc1F. The molecule has 0 fully saturated rings. The van der Waals surface area contributed by atoms with Crippen molar-refractivity contribution in [2.75, 3.05) is 0 Å². The second-order valence-electron chi connectivity index (χ2n) is 4.72. The van der Waals surface area contributed by atoms with Crippen molar-refractivity contribution in [1.29, 1.82) is 0 Å². The van der Waals surface area contributed by atoms with Crippen molar-refractivity contribution in [3.63, 3.8) is 0 Å². The van der Waals surface area contributed by atoms with E-state index in [1.807, 2.05) is 0 Å². The summed E-state index contributed by atoms with van der Waals surface area (Å²) in [5.41, 5.74) is 0.346. The molecule has 0 atom stereocenters. The van der Waals surface area contributed by atoms with Crippen LogP contribution < -0.4 is 0 Å². The standard InChI is InChI=1S/C16H9BrF2N2O3/c17-10-3-6-13(19)12(7-10)16(22)23-8-14-20-15(21-24-14)9-1-4-11(18)5-2-9/h1-7H,8H2. The number of carbonyl (C=O) groups excluding carboxylic acids is 1. The minimum atomic E-state index is -0.852. The van der Waals surface area contributed by atoms with Gasteiger partial charge >= 0.3 is 5.97 Å². The summed E-state index contributed by atoms with van der Waals surface area (Å²) in [6, 6.07) is 9.46. The van der Waals surface area contributed by atoms with Gasteiger partial charge in [-0.05, 0) is 42.5 Å². The first-order chi connectivity index (χ1) is 11.5. The third kappa shape index (κ3) is 3.65. The Labute approximate surface area is 143 Å². The van der Waals surface area contributed by atoms with Crippen molar-refractivity contribution >= 4 is 21.9 Å². The molecule has 3 aromatic rings. The quantitative estimate of drug-likeness (QED) is 0.622. The Hall–Kier alpha value is -2.61. The van der Waals surface area contributed by atoms with Gasteiger partial charge in [0.25, 0.3) is 5.89 Å². The molecule has 0 amide bonds. The van der Waals surface area contributed by atoms with Crippen LogP contribution >= 0.6 is 15.9 Å².